The Morgan fingerprint density at radius 1 is 1.19 bits per heavy atom. The van der Waals surface area contributed by atoms with Crippen LogP contribution in [0, 0.1) is 5.82 Å². The van der Waals surface area contributed by atoms with E-state index in [0.717, 1.165) is 31.7 Å². The number of rotatable bonds is 5. The molecule has 1 aromatic rings. The van der Waals surface area contributed by atoms with E-state index < -0.39 is 15.8 Å². The summed E-state index contributed by atoms with van der Waals surface area (Å²) in [5, 5.41) is 0. The SMILES string of the molecule is CN(C)C1(CNS(=O)(=O)c2ccccc2F)CCCCC1. The highest BCUT2D eigenvalue weighted by Crippen LogP contribution is 2.32. The monoisotopic (exact) mass is 314 g/mol. The Hall–Kier alpha value is -0.980. The average Bonchev–Trinajstić information content (AvgIpc) is 2.46. The van der Waals surface area contributed by atoms with E-state index in [1.54, 1.807) is 0 Å². The molecule has 0 amide bonds. The second-order valence-electron chi connectivity index (χ2n) is 5.93. The highest BCUT2D eigenvalue weighted by molar-refractivity contribution is 7.89. The van der Waals surface area contributed by atoms with Crippen LogP contribution < -0.4 is 4.72 Å². The van der Waals surface area contributed by atoms with Gasteiger partial charge in [0.2, 0.25) is 10.0 Å². The van der Waals surface area contributed by atoms with Gasteiger partial charge in [-0.15, -0.1) is 0 Å². The molecule has 0 unspecified atom stereocenters. The number of hydrogen-bond acceptors (Lipinski definition) is 3. The Labute approximate surface area is 126 Å². The lowest BCUT2D eigenvalue weighted by Crippen LogP contribution is -2.53. The van der Waals surface area contributed by atoms with Gasteiger partial charge in [0.1, 0.15) is 10.7 Å². The molecule has 0 aliphatic heterocycles. The van der Waals surface area contributed by atoms with Crippen LogP contribution in [0.1, 0.15) is 32.1 Å². The quantitative estimate of drug-likeness (QED) is 0.908. The molecule has 0 spiro atoms. The molecule has 4 nitrogen and oxygen atoms in total. The maximum absolute atomic E-state index is 13.7. The Balaban J connectivity index is 2.15. The largest absolute Gasteiger partial charge is 0.302 e. The van der Waals surface area contributed by atoms with Crippen molar-refractivity contribution in [3.63, 3.8) is 0 Å². The van der Waals surface area contributed by atoms with Crippen LogP contribution in [0.25, 0.3) is 0 Å². The van der Waals surface area contributed by atoms with E-state index in [1.165, 1.54) is 24.6 Å². The van der Waals surface area contributed by atoms with Gasteiger partial charge in [-0.05, 0) is 39.1 Å². The van der Waals surface area contributed by atoms with Crippen molar-refractivity contribution >= 4 is 10.0 Å². The summed E-state index contributed by atoms with van der Waals surface area (Å²) in [6.07, 6.45) is 5.30. The molecule has 0 radical (unpaired) electrons. The van der Waals surface area contributed by atoms with E-state index in [4.69, 9.17) is 0 Å². The first kappa shape index (κ1) is 16.4. The second kappa shape index (κ2) is 6.42. The normalized spacial score (nSPS) is 18.9. The molecule has 6 heteroatoms. The van der Waals surface area contributed by atoms with E-state index in [-0.39, 0.29) is 10.4 Å². The number of nitrogens with one attached hydrogen (secondary N) is 1. The zero-order chi connectivity index (χ0) is 15.5. The highest BCUT2D eigenvalue weighted by Gasteiger charge is 2.35. The zero-order valence-electron chi connectivity index (χ0n) is 12.6. The molecule has 0 heterocycles. The minimum atomic E-state index is -3.81. The van der Waals surface area contributed by atoms with Crippen LogP contribution >= 0.6 is 0 Å². The van der Waals surface area contributed by atoms with Gasteiger partial charge in [0.15, 0.2) is 0 Å². The Kier molecular flexibility index (Phi) is 5.01. The predicted octanol–water partition coefficient (Wildman–Crippen LogP) is 2.37. The molecular formula is C15H23FN2O2S. The highest BCUT2D eigenvalue weighted by atomic mass is 32.2. The van der Waals surface area contributed by atoms with Crippen molar-refractivity contribution in [3.8, 4) is 0 Å². The van der Waals surface area contributed by atoms with Crippen LogP contribution in [0.5, 0.6) is 0 Å². The van der Waals surface area contributed by atoms with E-state index in [1.807, 2.05) is 14.1 Å². The molecule has 0 aromatic heterocycles. The summed E-state index contributed by atoms with van der Waals surface area (Å²) >= 11 is 0. The average molecular weight is 314 g/mol. The van der Waals surface area contributed by atoms with Crippen molar-refractivity contribution in [1.82, 2.24) is 9.62 Å². The van der Waals surface area contributed by atoms with Crippen molar-refractivity contribution in [3.05, 3.63) is 30.1 Å². The van der Waals surface area contributed by atoms with Crippen molar-refractivity contribution in [1.29, 1.82) is 0 Å². The van der Waals surface area contributed by atoms with Crippen LogP contribution in [0.3, 0.4) is 0 Å². The van der Waals surface area contributed by atoms with Gasteiger partial charge in [-0.2, -0.15) is 0 Å². The summed E-state index contributed by atoms with van der Waals surface area (Å²) in [6.45, 7) is 0.316. The Morgan fingerprint density at radius 3 is 2.38 bits per heavy atom. The van der Waals surface area contributed by atoms with Crippen LogP contribution in [0.4, 0.5) is 4.39 Å². The fraction of sp³-hybridized carbons (Fsp3) is 0.600. The molecule has 0 bridgehead atoms. The van der Waals surface area contributed by atoms with E-state index in [0.29, 0.717) is 6.54 Å². The van der Waals surface area contributed by atoms with Gasteiger partial charge in [-0.3, -0.25) is 0 Å². The first-order valence-corrected chi connectivity index (χ1v) is 8.77. The molecule has 1 fully saturated rings. The van der Waals surface area contributed by atoms with Gasteiger partial charge in [-0.25, -0.2) is 17.5 Å². The lowest BCUT2D eigenvalue weighted by molar-refractivity contribution is 0.105. The molecule has 1 aliphatic rings. The summed E-state index contributed by atoms with van der Waals surface area (Å²) in [5.74, 6) is -0.715. The standard InChI is InChI=1S/C15H23FN2O2S/c1-18(2)15(10-6-3-7-11-15)12-17-21(19,20)14-9-5-4-8-13(14)16/h4-5,8-9,17H,3,6-7,10-12H2,1-2H3. The lowest BCUT2D eigenvalue weighted by Gasteiger charge is -2.43. The fourth-order valence-corrected chi connectivity index (χ4v) is 4.16. The molecule has 118 valence electrons. The minimum absolute atomic E-state index is 0.170. The zero-order valence-corrected chi connectivity index (χ0v) is 13.4. The molecular weight excluding hydrogens is 291 g/mol. The maximum Gasteiger partial charge on any atom is 0.243 e. The molecule has 1 saturated carbocycles. The van der Waals surface area contributed by atoms with Crippen LogP contribution in [0.15, 0.2) is 29.2 Å². The molecule has 21 heavy (non-hydrogen) atoms. The number of likely N-dealkylation sites (N-methyl/N-ethyl adjacent to an activating group) is 1. The van der Waals surface area contributed by atoms with Crippen LogP contribution in [-0.2, 0) is 10.0 Å². The topological polar surface area (TPSA) is 49.4 Å². The number of benzene rings is 1. The van der Waals surface area contributed by atoms with E-state index >= 15 is 0 Å². The second-order valence-corrected chi connectivity index (χ2v) is 7.67. The van der Waals surface area contributed by atoms with Gasteiger partial charge >= 0.3 is 0 Å². The smallest absolute Gasteiger partial charge is 0.243 e. The number of sulfonamides is 1. The summed E-state index contributed by atoms with van der Waals surface area (Å²) < 4.78 is 40.9. The van der Waals surface area contributed by atoms with Gasteiger partial charge in [0, 0.05) is 12.1 Å². The molecule has 2 rings (SSSR count). The summed E-state index contributed by atoms with van der Waals surface area (Å²) in [5.41, 5.74) is -0.170. The number of hydrogen-bond donors (Lipinski definition) is 1. The lowest BCUT2D eigenvalue weighted by atomic mass is 9.81. The molecule has 0 saturated heterocycles. The van der Waals surface area contributed by atoms with Gasteiger partial charge < -0.3 is 4.90 Å². The third-order valence-corrected chi connectivity index (χ3v) is 5.88. The van der Waals surface area contributed by atoms with Crippen LogP contribution in [0.2, 0.25) is 0 Å². The Bertz CT molecular complexity index is 581. The first-order valence-electron chi connectivity index (χ1n) is 7.29. The molecule has 1 aliphatic carbocycles. The summed E-state index contributed by atoms with van der Waals surface area (Å²) in [4.78, 5) is 1.81. The van der Waals surface area contributed by atoms with Crippen molar-refractivity contribution in [2.75, 3.05) is 20.6 Å². The van der Waals surface area contributed by atoms with E-state index in [2.05, 4.69) is 9.62 Å². The fourth-order valence-electron chi connectivity index (χ4n) is 2.96. The molecule has 1 aromatic carbocycles. The number of halogens is 1. The first-order chi connectivity index (χ1) is 9.87. The van der Waals surface area contributed by atoms with Crippen molar-refractivity contribution in [2.45, 2.75) is 42.5 Å². The third-order valence-electron chi connectivity index (χ3n) is 4.45. The van der Waals surface area contributed by atoms with Gasteiger partial charge in [0.25, 0.3) is 0 Å². The van der Waals surface area contributed by atoms with Gasteiger partial charge in [-0.1, -0.05) is 31.4 Å². The third kappa shape index (κ3) is 3.62. The number of nitrogens with zero attached hydrogens (tertiary/aromatic N) is 1. The van der Waals surface area contributed by atoms with Crippen molar-refractivity contribution < 1.29 is 12.8 Å². The predicted molar refractivity (Wildman–Crippen MR) is 81.1 cm³/mol. The molecule has 1 N–H and O–H groups in total. The maximum atomic E-state index is 13.7. The van der Waals surface area contributed by atoms with E-state index in [9.17, 15) is 12.8 Å². The Morgan fingerprint density at radius 2 is 1.81 bits per heavy atom. The summed E-state index contributed by atoms with van der Waals surface area (Å²) in [6, 6.07) is 5.47. The molecule has 0 atom stereocenters. The van der Waals surface area contributed by atoms with Gasteiger partial charge in [0.05, 0.1) is 0 Å². The summed E-state index contributed by atoms with van der Waals surface area (Å²) in [7, 11) is 0.136. The van der Waals surface area contributed by atoms with Crippen LogP contribution in [-0.4, -0.2) is 39.5 Å². The van der Waals surface area contributed by atoms with Crippen molar-refractivity contribution in [2.24, 2.45) is 0 Å². The minimum Gasteiger partial charge on any atom is -0.302 e.